The van der Waals surface area contributed by atoms with Crippen LogP contribution in [0.15, 0.2) is 36.5 Å². The van der Waals surface area contributed by atoms with Crippen molar-refractivity contribution in [2.45, 2.75) is 72.6 Å². The van der Waals surface area contributed by atoms with E-state index >= 15 is 0 Å². The molecular weight excluding hydrogens is 512 g/mol. The molecule has 0 atom stereocenters. The van der Waals surface area contributed by atoms with E-state index in [4.69, 9.17) is 14.5 Å². The van der Waals surface area contributed by atoms with Gasteiger partial charge in [-0.05, 0) is 100 Å². The molecule has 2 aromatic heterocycles. The van der Waals surface area contributed by atoms with Gasteiger partial charge in [0.05, 0.1) is 17.0 Å². The van der Waals surface area contributed by atoms with Gasteiger partial charge in [-0.15, -0.1) is 0 Å². The lowest BCUT2D eigenvalue weighted by atomic mass is 10.1. The lowest BCUT2D eigenvalue weighted by molar-refractivity contribution is 0.0740. The highest BCUT2D eigenvalue weighted by Gasteiger charge is 2.22. The average Bonchev–Trinajstić information content (AvgIpc) is 3.34. The molecule has 41 heavy (non-hydrogen) atoms. The first-order valence-corrected chi connectivity index (χ1v) is 15.8. The smallest absolute Gasteiger partial charge is 0.255 e. The molecular formula is C34H48N4O3. The minimum absolute atomic E-state index is 0.113. The lowest BCUT2D eigenvalue weighted by Crippen LogP contribution is -2.34. The summed E-state index contributed by atoms with van der Waals surface area (Å²) in [5.41, 5.74) is 4.74. The number of hydrogen-bond acceptors (Lipinski definition) is 5. The maximum atomic E-state index is 13.8. The van der Waals surface area contributed by atoms with E-state index in [9.17, 15) is 4.79 Å². The van der Waals surface area contributed by atoms with Crippen LogP contribution in [0.2, 0.25) is 0 Å². The van der Waals surface area contributed by atoms with E-state index < -0.39 is 0 Å². The van der Waals surface area contributed by atoms with Crippen LogP contribution in [0.5, 0.6) is 11.5 Å². The third-order valence-corrected chi connectivity index (χ3v) is 8.36. The SMILES string of the molecule is CC(C)CCN(CCC(C)C)C(=O)c1ccc2nc(-c3ccc4c(c3)OCCO4)c(CCCN3CCCCC3)n2c1. The van der Waals surface area contributed by atoms with E-state index in [0.717, 1.165) is 85.0 Å². The Kier molecular flexibility index (Phi) is 9.86. The summed E-state index contributed by atoms with van der Waals surface area (Å²) in [5.74, 6) is 2.78. The molecule has 1 saturated heterocycles. The molecule has 3 aromatic rings. The minimum atomic E-state index is 0.113. The van der Waals surface area contributed by atoms with Gasteiger partial charge in [-0.3, -0.25) is 4.79 Å². The number of likely N-dealkylation sites (tertiary alicyclic amines) is 1. The normalized spacial score (nSPS) is 15.7. The molecule has 1 fully saturated rings. The third-order valence-electron chi connectivity index (χ3n) is 8.36. The van der Waals surface area contributed by atoms with Crippen molar-refractivity contribution < 1.29 is 14.3 Å². The number of piperidine rings is 1. The van der Waals surface area contributed by atoms with E-state index in [1.165, 1.54) is 32.4 Å². The zero-order valence-corrected chi connectivity index (χ0v) is 25.5. The van der Waals surface area contributed by atoms with Gasteiger partial charge in [-0.1, -0.05) is 34.1 Å². The topological polar surface area (TPSA) is 59.3 Å². The summed E-state index contributed by atoms with van der Waals surface area (Å²) in [4.78, 5) is 23.6. The van der Waals surface area contributed by atoms with Gasteiger partial charge in [-0.2, -0.15) is 0 Å². The van der Waals surface area contributed by atoms with Crippen LogP contribution in [0.25, 0.3) is 16.9 Å². The molecule has 7 heteroatoms. The maximum absolute atomic E-state index is 13.8. The van der Waals surface area contributed by atoms with Gasteiger partial charge in [0.25, 0.3) is 5.91 Å². The third kappa shape index (κ3) is 7.42. The fourth-order valence-corrected chi connectivity index (χ4v) is 5.86. The zero-order chi connectivity index (χ0) is 28.8. The van der Waals surface area contributed by atoms with Crippen LogP contribution in [0.1, 0.15) is 82.3 Å². The first-order chi connectivity index (χ1) is 19.9. The first-order valence-electron chi connectivity index (χ1n) is 15.8. The van der Waals surface area contributed by atoms with Gasteiger partial charge in [0.15, 0.2) is 11.5 Å². The summed E-state index contributed by atoms with van der Waals surface area (Å²) in [7, 11) is 0. The lowest BCUT2D eigenvalue weighted by Gasteiger charge is -2.26. The molecule has 0 saturated carbocycles. The average molecular weight is 561 g/mol. The van der Waals surface area contributed by atoms with Gasteiger partial charge in [0.2, 0.25) is 0 Å². The predicted octanol–water partition coefficient (Wildman–Crippen LogP) is 6.73. The largest absolute Gasteiger partial charge is 0.486 e. The summed E-state index contributed by atoms with van der Waals surface area (Å²) >= 11 is 0. The number of imidazole rings is 1. The molecule has 5 rings (SSSR count). The monoisotopic (exact) mass is 560 g/mol. The quantitative estimate of drug-likeness (QED) is 0.246. The number of aromatic nitrogens is 2. The Morgan fingerprint density at radius 2 is 1.63 bits per heavy atom. The Balaban J connectivity index is 1.46. The summed E-state index contributed by atoms with van der Waals surface area (Å²) in [5, 5.41) is 0. The highest BCUT2D eigenvalue weighted by molar-refractivity contribution is 5.94. The van der Waals surface area contributed by atoms with Crippen LogP contribution >= 0.6 is 0 Å². The van der Waals surface area contributed by atoms with Crippen molar-refractivity contribution in [1.29, 1.82) is 0 Å². The van der Waals surface area contributed by atoms with E-state index in [1.54, 1.807) is 0 Å². The first kappa shape index (κ1) is 29.4. The standard InChI is InChI=1S/C34H48N4O3/c1-25(2)14-19-37(20-15-26(3)4)34(39)28-11-13-32-35-33(27-10-12-30-31(23-27)41-22-21-40-30)29(38(32)24-28)9-8-18-36-16-6-5-7-17-36/h10-13,23-26H,5-9,14-22H2,1-4H3. The van der Waals surface area contributed by atoms with Crippen LogP contribution in [0, 0.1) is 11.8 Å². The minimum Gasteiger partial charge on any atom is -0.486 e. The van der Waals surface area contributed by atoms with Gasteiger partial charge in [0, 0.05) is 24.8 Å². The van der Waals surface area contributed by atoms with Crippen LogP contribution in [0.4, 0.5) is 0 Å². The zero-order valence-electron chi connectivity index (χ0n) is 25.5. The van der Waals surface area contributed by atoms with E-state index in [0.29, 0.717) is 25.0 Å². The predicted molar refractivity (Wildman–Crippen MR) is 165 cm³/mol. The number of ether oxygens (including phenoxy) is 2. The molecule has 0 unspecified atom stereocenters. The number of nitrogens with zero attached hydrogens (tertiary/aromatic N) is 4. The highest BCUT2D eigenvalue weighted by Crippen LogP contribution is 2.36. The van der Waals surface area contributed by atoms with Gasteiger partial charge < -0.3 is 23.7 Å². The number of benzene rings is 1. The summed E-state index contributed by atoms with van der Waals surface area (Å²) in [6.45, 7) is 15.1. The summed E-state index contributed by atoms with van der Waals surface area (Å²) in [6.07, 6.45) is 9.93. The van der Waals surface area contributed by atoms with Crippen LogP contribution < -0.4 is 9.47 Å². The van der Waals surface area contributed by atoms with Gasteiger partial charge in [-0.25, -0.2) is 4.98 Å². The number of fused-ring (bicyclic) bond motifs is 2. The van der Waals surface area contributed by atoms with Gasteiger partial charge in [0.1, 0.15) is 18.9 Å². The summed E-state index contributed by atoms with van der Waals surface area (Å²) in [6, 6.07) is 10.1. The molecule has 1 amide bonds. The van der Waals surface area contributed by atoms with E-state index in [1.807, 2.05) is 24.4 Å². The van der Waals surface area contributed by atoms with Crippen molar-refractivity contribution in [2.75, 3.05) is 45.9 Å². The van der Waals surface area contributed by atoms with Crippen LogP contribution in [-0.4, -0.2) is 71.0 Å². The maximum Gasteiger partial charge on any atom is 0.255 e. The Morgan fingerprint density at radius 3 is 2.34 bits per heavy atom. The molecule has 1 aromatic carbocycles. The van der Waals surface area contributed by atoms with Crippen molar-refractivity contribution >= 4 is 11.6 Å². The second-order valence-electron chi connectivity index (χ2n) is 12.6. The molecule has 0 spiro atoms. The van der Waals surface area contributed by atoms with Gasteiger partial charge >= 0.3 is 0 Å². The molecule has 4 heterocycles. The van der Waals surface area contributed by atoms with Crippen molar-refractivity contribution in [3.63, 3.8) is 0 Å². The Hall–Kier alpha value is -3.06. The Morgan fingerprint density at radius 1 is 0.927 bits per heavy atom. The van der Waals surface area contributed by atoms with Crippen molar-refractivity contribution in [1.82, 2.24) is 19.2 Å². The van der Waals surface area contributed by atoms with Crippen molar-refractivity contribution in [2.24, 2.45) is 11.8 Å². The number of aryl methyl sites for hydroxylation is 1. The number of carbonyl (C=O) groups is 1. The Bertz CT molecular complexity index is 1300. The summed E-state index contributed by atoms with van der Waals surface area (Å²) < 4.78 is 13.8. The Labute approximate surface area is 245 Å². The van der Waals surface area contributed by atoms with Crippen LogP contribution in [0.3, 0.4) is 0 Å². The van der Waals surface area contributed by atoms with E-state index in [-0.39, 0.29) is 5.91 Å². The molecule has 0 N–H and O–H groups in total. The number of pyridine rings is 1. The second kappa shape index (κ2) is 13.7. The fraction of sp³-hybridized carbons (Fsp3) is 0.588. The second-order valence-corrected chi connectivity index (χ2v) is 12.6. The molecule has 7 nitrogen and oxygen atoms in total. The molecule has 0 aliphatic carbocycles. The number of rotatable bonds is 12. The van der Waals surface area contributed by atoms with Crippen LogP contribution in [-0.2, 0) is 6.42 Å². The van der Waals surface area contributed by atoms with E-state index in [2.05, 4.69) is 54.0 Å². The molecule has 222 valence electrons. The fourth-order valence-electron chi connectivity index (χ4n) is 5.86. The number of carbonyl (C=O) groups excluding carboxylic acids is 1. The molecule has 0 radical (unpaired) electrons. The highest BCUT2D eigenvalue weighted by atomic mass is 16.6. The number of amides is 1. The van der Waals surface area contributed by atoms with Crippen molar-refractivity contribution in [3.05, 3.63) is 47.8 Å². The molecule has 2 aliphatic rings. The molecule has 0 bridgehead atoms. The molecule has 2 aliphatic heterocycles. The van der Waals surface area contributed by atoms with Crippen molar-refractivity contribution in [3.8, 4) is 22.8 Å². The number of hydrogen-bond donors (Lipinski definition) is 0.